The lowest BCUT2D eigenvalue weighted by Crippen LogP contribution is -2.40. The van der Waals surface area contributed by atoms with E-state index in [-0.39, 0.29) is 32.8 Å². The van der Waals surface area contributed by atoms with Gasteiger partial charge in [-0.05, 0) is 65.2 Å². The van der Waals surface area contributed by atoms with Gasteiger partial charge in [-0.25, -0.2) is 13.4 Å². The number of nitrogens with one attached hydrogen (secondary N) is 2. The number of hydrogen-bond donors (Lipinski definition) is 2. The number of sulfone groups is 1. The number of carbonyl (C=O) groups excluding carboxylic acids is 1. The lowest BCUT2D eigenvalue weighted by Gasteiger charge is -2.30. The highest BCUT2D eigenvalue weighted by molar-refractivity contribution is 7.92. The van der Waals surface area contributed by atoms with Crippen molar-refractivity contribution in [2.45, 2.75) is 87.4 Å². The summed E-state index contributed by atoms with van der Waals surface area (Å²) in [4.78, 5) is 24.8. The molecule has 0 aliphatic heterocycles. The molecule has 0 atom stereocenters. The van der Waals surface area contributed by atoms with Gasteiger partial charge in [0, 0.05) is 37.1 Å². The summed E-state index contributed by atoms with van der Waals surface area (Å²) in [7, 11) is 0.518. The van der Waals surface area contributed by atoms with Crippen LogP contribution in [0.2, 0.25) is 5.02 Å². The van der Waals surface area contributed by atoms with Crippen LogP contribution in [0.4, 0.5) is 11.8 Å². The molecule has 0 unspecified atom stereocenters. The van der Waals surface area contributed by atoms with Crippen molar-refractivity contribution < 1.29 is 13.2 Å². The highest BCUT2D eigenvalue weighted by Gasteiger charge is 2.30. The number of amides is 1. The number of halogens is 1. The first-order valence-electron chi connectivity index (χ1n) is 12.2. The van der Waals surface area contributed by atoms with Crippen LogP contribution in [0.25, 0.3) is 0 Å². The largest absolute Gasteiger partial charge is 0.362 e. The lowest BCUT2D eigenvalue weighted by atomic mass is 9.91. The Hall–Kier alpha value is -1.91. The van der Waals surface area contributed by atoms with Crippen LogP contribution in [0, 0.1) is 0 Å². The summed E-state index contributed by atoms with van der Waals surface area (Å²) in [5, 5.41) is 7.47. The number of carbonyl (C=O) groups is 1. The Kier molecular flexibility index (Phi) is 7.92. The SMILES string of the molecule is CC(C)S(=O)(=O)c1csc(C(=O)N[C@H]2CC[C@@H](Nc3nc4c(c(N(C)C)n3)CCCC4)CC2)c1Cl. The van der Waals surface area contributed by atoms with Gasteiger partial charge in [0.25, 0.3) is 5.91 Å². The normalized spacial score (nSPS) is 20.4. The average molecular weight is 540 g/mol. The van der Waals surface area contributed by atoms with Crippen LogP contribution in [0.5, 0.6) is 0 Å². The number of thiophene rings is 1. The Balaban J connectivity index is 1.36. The maximum atomic E-state index is 12.8. The number of anilines is 2. The fourth-order valence-corrected chi connectivity index (χ4v) is 7.74. The fourth-order valence-electron chi connectivity index (χ4n) is 4.75. The van der Waals surface area contributed by atoms with E-state index >= 15 is 0 Å². The van der Waals surface area contributed by atoms with E-state index < -0.39 is 15.1 Å². The van der Waals surface area contributed by atoms with Gasteiger partial charge in [0.2, 0.25) is 5.95 Å². The molecule has 0 aromatic carbocycles. The maximum absolute atomic E-state index is 12.8. The number of aryl methyl sites for hydroxylation is 1. The Morgan fingerprint density at radius 1 is 1.11 bits per heavy atom. The summed E-state index contributed by atoms with van der Waals surface area (Å²) in [5.74, 6) is 1.38. The quantitative estimate of drug-likeness (QED) is 0.534. The molecule has 2 aromatic rings. The molecule has 0 saturated heterocycles. The van der Waals surface area contributed by atoms with E-state index in [9.17, 15) is 13.2 Å². The predicted molar refractivity (Wildman–Crippen MR) is 142 cm³/mol. The Bertz CT molecular complexity index is 1190. The average Bonchev–Trinajstić information content (AvgIpc) is 3.21. The first-order chi connectivity index (χ1) is 16.6. The summed E-state index contributed by atoms with van der Waals surface area (Å²) in [6.07, 6.45) is 7.78. The van der Waals surface area contributed by atoms with E-state index in [1.54, 1.807) is 13.8 Å². The molecule has 2 aliphatic carbocycles. The molecule has 8 nitrogen and oxygen atoms in total. The van der Waals surface area contributed by atoms with Crippen molar-refractivity contribution in [1.82, 2.24) is 15.3 Å². The number of rotatable bonds is 7. The molecule has 2 heterocycles. The van der Waals surface area contributed by atoms with Crippen LogP contribution in [0.15, 0.2) is 10.3 Å². The van der Waals surface area contributed by atoms with Crippen LogP contribution in [-0.4, -0.2) is 55.7 Å². The summed E-state index contributed by atoms with van der Waals surface area (Å²) in [6, 6.07) is 0.263. The number of aromatic nitrogens is 2. The minimum Gasteiger partial charge on any atom is -0.362 e. The van der Waals surface area contributed by atoms with Crippen molar-refractivity contribution in [3.8, 4) is 0 Å². The van der Waals surface area contributed by atoms with E-state index in [4.69, 9.17) is 21.6 Å². The summed E-state index contributed by atoms with van der Waals surface area (Å²) in [6.45, 7) is 3.21. The van der Waals surface area contributed by atoms with E-state index in [1.807, 2.05) is 14.1 Å². The number of nitrogens with zero attached hydrogens (tertiary/aromatic N) is 3. The second-order valence-corrected chi connectivity index (χ2v) is 13.6. The van der Waals surface area contributed by atoms with Crippen LogP contribution in [-0.2, 0) is 22.7 Å². The summed E-state index contributed by atoms with van der Waals surface area (Å²) in [5.41, 5.74) is 2.43. The van der Waals surface area contributed by atoms with Crippen molar-refractivity contribution in [1.29, 1.82) is 0 Å². The fraction of sp³-hybridized carbons (Fsp3) is 0.625. The standard InChI is InChI=1S/C24H34ClN5O3S2/c1-14(2)35(32,33)19-13-34-21(20(19)25)23(31)26-15-9-11-16(12-10-15)27-24-28-18-8-6-5-7-17(18)22(29-24)30(3)4/h13-16H,5-12H2,1-4H3,(H,26,31)(H,27,28,29)/t15-,16+. The molecule has 1 saturated carbocycles. The highest BCUT2D eigenvalue weighted by Crippen LogP contribution is 2.34. The number of hydrogen-bond acceptors (Lipinski definition) is 8. The third-order valence-corrected chi connectivity index (χ3v) is 10.7. The first kappa shape index (κ1) is 26.2. The van der Waals surface area contributed by atoms with Gasteiger partial charge in [-0.1, -0.05) is 11.6 Å². The Labute approximate surface area is 216 Å². The van der Waals surface area contributed by atoms with Gasteiger partial charge < -0.3 is 15.5 Å². The van der Waals surface area contributed by atoms with Gasteiger partial charge >= 0.3 is 0 Å². The molecular weight excluding hydrogens is 506 g/mol. The van der Waals surface area contributed by atoms with Crippen LogP contribution in [0.3, 0.4) is 0 Å². The molecule has 2 N–H and O–H groups in total. The molecule has 35 heavy (non-hydrogen) atoms. The Morgan fingerprint density at radius 3 is 2.43 bits per heavy atom. The molecule has 1 amide bonds. The minimum atomic E-state index is -3.53. The molecule has 1 fully saturated rings. The predicted octanol–water partition coefficient (Wildman–Crippen LogP) is 4.47. The third kappa shape index (κ3) is 5.59. The maximum Gasteiger partial charge on any atom is 0.263 e. The minimum absolute atomic E-state index is 0.0191. The second kappa shape index (κ2) is 10.6. The molecule has 0 spiro atoms. The van der Waals surface area contributed by atoms with Crippen LogP contribution in [0.1, 0.15) is 73.3 Å². The summed E-state index contributed by atoms with van der Waals surface area (Å²) < 4.78 is 24.9. The van der Waals surface area contributed by atoms with Gasteiger partial charge in [-0.15, -0.1) is 11.3 Å². The van der Waals surface area contributed by atoms with Gasteiger partial charge in [0.15, 0.2) is 9.84 Å². The molecule has 0 bridgehead atoms. The van der Waals surface area contributed by atoms with E-state index in [2.05, 4.69) is 15.5 Å². The van der Waals surface area contributed by atoms with E-state index in [0.717, 1.165) is 61.4 Å². The first-order valence-corrected chi connectivity index (χ1v) is 15.0. The van der Waals surface area contributed by atoms with Crippen molar-refractivity contribution >= 4 is 50.4 Å². The van der Waals surface area contributed by atoms with Crippen LogP contribution < -0.4 is 15.5 Å². The van der Waals surface area contributed by atoms with Gasteiger partial charge in [0.05, 0.1) is 20.9 Å². The monoisotopic (exact) mass is 539 g/mol. The smallest absolute Gasteiger partial charge is 0.263 e. The van der Waals surface area contributed by atoms with Crippen molar-refractivity contribution in [3.05, 3.63) is 26.5 Å². The third-order valence-electron chi connectivity index (χ3n) is 6.81. The molecule has 2 aromatic heterocycles. The van der Waals surface area contributed by atoms with Gasteiger partial charge in [-0.3, -0.25) is 4.79 Å². The Morgan fingerprint density at radius 2 is 1.77 bits per heavy atom. The number of fused-ring (bicyclic) bond motifs is 1. The zero-order chi connectivity index (χ0) is 25.3. The molecule has 2 aliphatic rings. The van der Waals surface area contributed by atoms with Gasteiger partial charge in [-0.2, -0.15) is 4.98 Å². The molecule has 11 heteroatoms. The highest BCUT2D eigenvalue weighted by atomic mass is 35.5. The summed E-state index contributed by atoms with van der Waals surface area (Å²) >= 11 is 7.39. The molecule has 4 rings (SSSR count). The topological polar surface area (TPSA) is 104 Å². The lowest BCUT2D eigenvalue weighted by molar-refractivity contribution is 0.0930. The van der Waals surface area contributed by atoms with Gasteiger partial charge in [0.1, 0.15) is 10.7 Å². The van der Waals surface area contributed by atoms with Crippen molar-refractivity contribution in [2.75, 3.05) is 24.3 Å². The molecule has 0 radical (unpaired) electrons. The zero-order valence-corrected chi connectivity index (χ0v) is 23.1. The second-order valence-electron chi connectivity index (χ2n) is 9.90. The molecular formula is C24H34ClN5O3S2. The zero-order valence-electron chi connectivity index (χ0n) is 20.7. The van der Waals surface area contributed by atoms with Crippen molar-refractivity contribution in [2.24, 2.45) is 0 Å². The van der Waals surface area contributed by atoms with E-state index in [1.165, 1.54) is 23.8 Å². The molecule has 192 valence electrons. The van der Waals surface area contributed by atoms with E-state index in [0.29, 0.717) is 5.95 Å². The van der Waals surface area contributed by atoms with Crippen LogP contribution >= 0.6 is 22.9 Å². The van der Waals surface area contributed by atoms with Crippen molar-refractivity contribution in [3.63, 3.8) is 0 Å².